The maximum atomic E-state index is 11.5. The quantitative estimate of drug-likeness (QED) is 0.689. The molecule has 0 aliphatic heterocycles. The molecule has 4 heteroatoms. The number of carbonyl (C=O) groups is 1. The summed E-state index contributed by atoms with van der Waals surface area (Å²) >= 11 is 0. The van der Waals surface area contributed by atoms with Gasteiger partial charge < -0.3 is 4.74 Å². The van der Waals surface area contributed by atoms with Gasteiger partial charge in [0.2, 0.25) is 0 Å². The lowest BCUT2D eigenvalue weighted by Gasteiger charge is -2.18. The number of hydrogen-bond donors (Lipinski definition) is 0. The minimum atomic E-state index is -0.490. The Balaban J connectivity index is 2.75. The summed E-state index contributed by atoms with van der Waals surface area (Å²) < 4.78 is 6.43. The molecule has 0 bridgehead atoms. The van der Waals surface area contributed by atoms with Crippen LogP contribution in [0.4, 0.5) is 4.79 Å². The number of hydrogen-bond acceptors (Lipinski definition) is 3. The van der Waals surface area contributed by atoms with Crippen molar-refractivity contribution in [3.05, 3.63) is 24.8 Å². The predicted molar refractivity (Wildman–Crippen MR) is 54.0 cm³/mol. The standard InChI is InChI=1S/C10H14N2O2/c1-5-8-6-12(7-11-8)9(13)14-10(2,3)4/h5-7H,1H2,2-4H3. The second-order valence-corrected chi connectivity index (χ2v) is 3.89. The number of imidazole rings is 1. The van der Waals surface area contributed by atoms with E-state index in [9.17, 15) is 4.79 Å². The Kier molecular flexibility index (Phi) is 2.74. The molecule has 0 spiro atoms. The molecule has 1 rings (SSSR count). The van der Waals surface area contributed by atoms with Crippen molar-refractivity contribution in [2.24, 2.45) is 0 Å². The van der Waals surface area contributed by atoms with E-state index in [1.54, 1.807) is 12.3 Å². The number of ether oxygens (including phenoxy) is 1. The molecule has 0 radical (unpaired) electrons. The Bertz CT molecular complexity index is 347. The third kappa shape index (κ3) is 2.73. The van der Waals surface area contributed by atoms with Crippen molar-refractivity contribution in [3.8, 4) is 0 Å². The summed E-state index contributed by atoms with van der Waals surface area (Å²) in [5.41, 5.74) is 0.159. The van der Waals surface area contributed by atoms with Crippen LogP contribution in [0.1, 0.15) is 26.5 Å². The highest BCUT2D eigenvalue weighted by Crippen LogP contribution is 2.09. The first-order chi connectivity index (χ1) is 6.42. The second-order valence-electron chi connectivity index (χ2n) is 3.89. The Hall–Kier alpha value is -1.58. The van der Waals surface area contributed by atoms with Gasteiger partial charge in [0, 0.05) is 6.20 Å². The first-order valence-corrected chi connectivity index (χ1v) is 4.32. The zero-order chi connectivity index (χ0) is 10.8. The normalized spacial score (nSPS) is 11.1. The van der Waals surface area contributed by atoms with Crippen LogP contribution in [0, 0.1) is 0 Å². The summed E-state index contributed by atoms with van der Waals surface area (Å²) in [6.45, 7) is 9.00. The molecule has 0 fully saturated rings. The van der Waals surface area contributed by atoms with Gasteiger partial charge in [-0.05, 0) is 26.8 Å². The van der Waals surface area contributed by atoms with Crippen LogP contribution in [-0.4, -0.2) is 21.2 Å². The van der Waals surface area contributed by atoms with Crippen LogP contribution in [0.3, 0.4) is 0 Å². The van der Waals surface area contributed by atoms with Gasteiger partial charge in [-0.2, -0.15) is 0 Å². The fraction of sp³-hybridized carbons (Fsp3) is 0.400. The monoisotopic (exact) mass is 194 g/mol. The molecule has 1 heterocycles. The van der Waals surface area contributed by atoms with Gasteiger partial charge >= 0.3 is 6.09 Å². The largest absolute Gasteiger partial charge is 0.443 e. The van der Waals surface area contributed by atoms with E-state index >= 15 is 0 Å². The summed E-state index contributed by atoms with van der Waals surface area (Å²) in [7, 11) is 0. The number of rotatable bonds is 1. The topological polar surface area (TPSA) is 44.1 Å². The van der Waals surface area contributed by atoms with Gasteiger partial charge in [-0.15, -0.1) is 0 Å². The Morgan fingerprint density at radius 2 is 2.29 bits per heavy atom. The fourth-order valence-corrected chi connectivity index (χ4v) is 0.858. The van der Waals surface area contributed by atoms with Crippen molar-refractivity contribution in [2.45, 2.75) is 26.4 Å². The van der Waals surface area contributed by atoms with Crippen LogP contribution in [-0.2, 0) is 4.74 Å². The van der Waals surface area contributed by atoms with Crippen LogP contribution < -0.4 is 0 Å². The third-order valence-corrected chi connectivity index (χ3v) is 1.42. The molecule has 14 heavy (non-hydrogen) atoms. The lowest BCUT2D eigenvalue weighted by atomic mass is 10.2. The van der Waals surface area contributed by atoms with E-state index < -0.39 is 11.7 Å². The SMILES string of the molecule is C=Cc1cn(C(=O)OC(C)(C)C)cn1. The molecule has 0 aliphatic rings. The van der Waals surface area contributed by atoms with Crippen LogP contribution in [0.5, 0.6) is 0 Å². The van der Waals surface area contributed by atoms with Crippen molar-refractivity contribution in [1.29, 1.82) is 0 Å². The molecular weight excluding hydrogens is 180 g/mol. The third-order valence-electron chi connectivity index (χ3n) is 1.42. The number of aromatic nitrogens is 2. The minimum Gasteiger partial charge on any atom is -0.443 e. The molecule has 76 valence electrons. The molecule has 0 N–H and O–H groups in total. The zero-order valence-electron chi connectivity index (χ0n) is 8.65. The van der Waals surface area contributed by atoms with Gasteiger partial charge in [0.15, 0.2) is 0 Å². The molecule has 1 aromatic heterocycles. The van der Waals surface area contributed by atoms with E-state index in [1.165, 1.54) is 10.9 Å². The van der Waals surface area contributed by atoms with Crippen LogP contribution in [0.25, 0.3) is 6.08 Å². The minimum absolute atomic E-state index is 0.432. The summed E-state index contributed by atoms with van der Waals surface area (Å²) in [5.74, 6) is 0. The molecule has 0 aromatic carbocycles. The molecule has 0 atom stereocenters. The van der Waals surface area contributed by atoms with Gasteiger partial charge in [0.05, 0.1) is 5.69 Å². The van der Waals surface area contributed by atoms with E-state index in [2.05, 4.69) is 11.6 Å². The van der Waals surface area contributed by atoms with Crippen molar-refractivity contribution < 1.29 is 9.53 Å². The summed E-state index contributed by atoms with van der Waals surface area (Å²) in [4.78, 5) is 15.4. The van der Waals surface area contributed by atoms with Crippen molar-refractivity contribution >= 4 is 12.2 Å². The van der Waals surface area contributed by atoms with E-state index in [1.807, 2.05) is 20.8 Å². The molecule has 0 amide bonds. The average molecular weight is 194 g/mol. The van der Waals surface area contributed by atoms with Crippen molar-refractivity contribution in [1.82, 2.24) is 9.55 Å². The molecule has 0 saturated heterocycles. The van der Waals surface area contributed by atoms with Crippen LogP contribution >= 0.6 is 0 Å². The maximum Gasteiger partial charge on any atom is 0.419 e. The molecular formula is C10H14N2O2. The van der Waals surface area contributed by atoms with Gasteiger partial charge in [0.1, 0.15) is 11.9 Å². The van der Waals surface area contributed by atoms with Crippen LogP contribution in [0.2, 0.25) is 0 Å². The van der Waals surface area contributed by atoms with Crippen molar-refractivity contribution in [2.75, 3.05) is 0 Å². The first kappa shape index (κ1) is 10.5. The summed E-state index contributed by atoms with van der Waals surface area (Å²) in [6, 6.07) is 0. The van der Waals surface area contributed by atoms with Gasteiger partial charge in [-0.3, -0.25) is 0 Å². The molecule has 0 aliphatic carbocycles. The maximum absolute atomic E-state index is 11.5. The van der Waals surface area contributed by atoms with E-state index in [0.717, 1.165) is 0 Å². The highest BCUT2D eigenvalue weighted by molar-refractivity contribution is 5.71. The van der Waals surface area contributed by atoms with Crippen molar-refractivity contribution in [3.63, 3.8) is 0 Å². The molecule has 4 nitrogen and oxygen atoms in total. The van der Waals surface area contributed by atoms with Gasteiger partial charge in [-0.25, -0.2) is 14.3 Å². The van der Waals surface area contributed by atoms with E-state index in [4.69, 9.17) is 4.74 Å². The number of nitrogens with zero attached hydrogens (tertiary/aromatic N) is 2. The smallest absolute Gasteiger partial charge is 0.419 e. The summed E-state index contributed by atoms with van der Waals surface area (Å²) in [5, 5.41) is 0. The highest BCUT2D eigenvalue weighted by Gasteiger charge is 2.17. The Labute approximate surface area is 83.2 Å². The van der Waals surface area contributed by atoms with E-state index in [-0.39, 0.29) is 0 Å². The zero-order valence-corrected chi connectivity index (χ0v) is 8.65. The lowest BCUT2D eigenvalue weighted by Crippen LogP contribution is -2.26. The van der Waals surface area contributed by atoms with Crippen LogP contribution in [0.15, 0.2) is 19.1 Å². The first-order valence-electron chi connectivity index (χ1n) is 4.32. The van der Waals surface area contributed by atoms with Gasteiger partial charge in [-0.1, -0.05) is 6.58 Å². The Morgan fingerprint density at radius 1 is 1.64 bits per heavy atom. The second kappa shape index (κ2) is 3.65. The Morgan fingerprint density at radius 3 is 2.71 bits per heavy atom. The van der Waals surface area contributed by atoms with E-state index in [0.29, 0.717) is 5.69 Å². The molecule has 0 unspecified atom stereocenters. The average Bonchev–Trinajstić information content (AvgIpc) is 2.48. The number of carbonyl (C=O) groups excluding carboxylic acids is 1. The summed E-state index contributed by atoms with van der Waals surface area (Å²) in [6.07, 6.45) is 4.12. The highest BCUT2D eigenvalue weighted by atomic mass is 16.6. The van der Waals surface area contributed by atoms with Gasteiger partial charge in [0.25, 0.3) is 0 Å². The molecule has 1 aromatic rings. The fourth-order valence-electron chi connectivity index (χ4n) is 0.858. The molecule has 0 saturated carbocycles. The predicted octanol–water partition coefficient (Wildman–Crippen LogP) is 2.31. The lowest BCUT2D eigenvalue weighted by molar-refractivity contribution is 0.0536.